The van der Waals surface area contributed by atoms with Crippen molar-refractivity contribution in [1.29, 1.82) is 0 Å². The molecule has 0 aliphatic heterocycles. The van der Waals surface area contributed by atoms with Crippen LogP contribution >= 0.6 is 35.6 Å². The summed E-state index contributed by atoms with van der Waals surface area (Å²) >= 11 is 6.09. The van der Waals surface area contributed by atoms with E-state index in [1.54, 1.807) is 6.07 Å². The van der Waals surface area contributed by atoms with Gasteiger partial charge in [0, 0.05) is 36.9 Å². The molecule has 3 N–H and O–H groups in total. The van der Waals surface area contributed by atoms with Crippen molar-refractivity contribution >= 4 is 41.5 Å². The van der Waals surface area contributed by atoms with Crippen LogP contribution in [-0.4, -0.2) is 43.9 Å². The van der Waals surface area contributed by atoms with Crippen molar-refractivity contribution < 1.29 is 9.84 Å². The lowest BCUT2D eigenvalue weighted by atomic mass is 10.1. The number of rotatable bonds is 10. The largest absolute Gasteiger partial charge is 0.386 e. The molecule has 0 heterocycles. The fraction of sp³-hybridized carbons (Fsp3) is 0.588. The van der Waals surface area contributed by atoms with Crippen molar-refractivity contribution in [2.24, 2.45) is 4.99 Å². The zero-order valence-corrected chi connectivity index (χ0v) is 17.5. The lowest BCUT2D eigenvalue weighted by Gasteiger charge is -2.14. The molecule has 0 saturated carbocycles. The molecule has 7 heteroatoms. The normalized spacial score (nSPS) is 12.4. The molecule has 0 aromatic heterocycles. The van der Waals surface area contributed by atoms with E-state index >= 15 is 0 Å². The Morgan fingerprint density at radius 1 is 1.25 bits per heavy atom. The summed E-state index contributed by atoms with van der Waals surface area (Å²) in [6.45, 7) is 7.41. The molecule has 0 aliphatic rings. The van der Waals surface area contributed by atoms with Crippen LogP contribution in [0.15, 0.2) is 29.3 Å². The average molecular weight is 470 g/mol. The van der Waals surface area contributed by atoms with E-state index in [1.807, 2.05) is 32.0 Å². The summed E-state index contributed by atoms with van der Waals surface area (Å²) in [7, 11) is 0. The molecule has 5 nitrogen and oxygen atoms in total. The smallest absolute Gasteiger partial charge is 0.191 e. The Balaban J connectivity index is 0.00000529. The van der Waals surface area contributed by atoms with Gasteiger partial charge in [0.25, 0.3) is 0 Å². The number of aliphatic imine (C=N–C) groups is 1. The van der Waals surface area contributed by atoms with Gasteiger partial charge in [-0.3, -0.25) is 4.99 Å². The lowest BCUT2D eigenvalue weighted by molar-refractivity contribution is 0.143. The fourth-order valence-corrected chi connectivity index (χ4v) is 2.31. The minimum Gasteiger partial charge on any atom is -0.386 e. The number of halogens is 2. The molecule has 0 fully saturated rings. The summed E-state index contributed by atoms with van der Waals surface area (Å²) < 4.78 is 5.31. The number of ether oxygens (including phenoxy) is 1. The van der Waals surface area contributed by atoms with Crippen LogP contribution in [-0.2, 0) is 4.74 Å². The summed E-state index contributed by atoms with van der Waals surface area (Å²) in [5.74, 6) is 0.704. The molecule has 1 rings (SSSR count). The van der Waals surface area contributed by atoms with Gasteiger partial charge in [-0.05, 0) is 32.8 Å². The molecule has 0 amide bonds. The van der Waals surface area contributed by atoms with Gasteiger partial charge in [-0.25, -0.2) is 0 Å². The number of aliphatic hydroxyl groups is 1. The van der Waals surface area contributed by atoms with E-state index in [-0.39, 0.29) is 30.5 Å². The highest BCUT2D eigenvalue weighted by Gasteiger charge is 2.10. The maximum absolute atomic E-state index is 10.2. The van der Waals surface area contributed by atoms with E-state index in [0.29, 0.717) is 16.5 Å². The highest BCUT2D eigenvalue weighted by atomic mass is 127. The van der Waals surface area contributed by atoms with Crippen LogP contribution in [0.5, 0.6) is 0 Å². The Bertz CT molecular complexity index is 475. The third kappa shape index (κ3) is 9.66. The van der Waals surface area contributed by atoms with Crippen molar-refractivity contribution in [3.8, 4) is 0 Å². The molecule has 1 unspecified atom stereocenters. The standard InChI is InChI=1S/C17H28ClN3O2.HI/c1-3-19-17(20-11-7-8-12-23-4-2)21-13-16(22)14-9-5-6-10-15(14)18;/h5-6,9-10,16,22H,3-4,7-8,11-13H2,1-2H3,(H2,19,20,21);1H. The molecule has 0 aliphatic carbocycles. The number of nitrogens with zero attached hydrogens (tertiary/aromatic N) is 1. The minimum absolute atomic E-state index is 0. The number of unbranched alkanes of at least 4 members (excludes halogenated alkanes) is 1. The second-order valence-corrected chi connectivity index (χ2v) is 5.49. The first-order chi connectivity index (χ1) is 11.2. The van der Waals surface area contributed by atoms with Gasteiger partial charge in [0.05, 0.1) is 6.54 Å². The van der Waals surface area contributed by atoms with Crippen LogP contribution in [0.1, 0.15) is 38.4 Å². The number of benzene rings is 1. The van der Waals surface area contributed by atoms with Crippen LogP contribution in [0.4, 0.5) is 0 Å². The molecule has 0 saturated heterocycles. The summed E-state index contributed by atoms with van der Waals surface area (Å²) in [5, 5.41) is 17.2. The monoisotopic (exact) mass is 469 g/mol. The minimum atomic E-state index is -0.711. The van der Waals surface area contributed by atoms with Gasteiger partial charge in [0.15, 0.2) is 5.96 Å². The second kappa shape index (κ2) is 14.7. The van der Waals surface area contributed by atoms with Crippen molar-refractivity contribution in [1.82, 2.24) is 10.6 Å². The molecular weight excluding hydrogens is 441 g/mol. The van der Waals surface area contributed by atoms with Gasteiger partial charge in [0.1, 0.15) is 6.10 Å². The van der Waals surface area contributed by atoms with Gasteiger partial charge in [-0.15, -0.1) is 24.0 Å². The topological polar surface area (TPSA) is 65.9 Å². The fourth-order valence-electron chi connectivity index (χ4n) is 2.04. The van der Waals surface area contributed by atoms with Gasteiger partial charge >= 0.3 is 0 Å². The van der Waals surface area contributed by atoms with Crippen molar-refractivity contribution in [3.63, 3.8) is 0 Å². The molecule has 1 atom stereocenters. The van der Waals surface area contributed by atoms with Crippen LogP contribution in [0.25, 0.3) is 0 Å². The van der Waals surface area contributed by atoms with Crippen LogP contribution in [0, 0.1) is 0 Å². The van der Waals surface area contributed by atoms with Gasteiger partial charge < -0.3 is 20.5 Å². The first kappa shape index (κ1) is 23.4. The van der Waals surface area contributed by atoms with Crippen LogP contribution < -0.4 is 10.6 Å². The van der Waals surface area contributed by atoms with E-state index in [9.17, 15) is 5.11 Å². The molecule has 24 heavy (non-hydrogen) atoms. The molecule has 138 valence electrons. The first-order valence-corrected chi connectivity index (χ1v) is 8.59. The predicted octanol–water partition coefficient (Wildman–Crippen LogP) is 3.36. The Hall–Kier alpha value is -0.570. The summed E-state index contributed by atoms with van der Waals surface area (Å²) in [6.07, 6.45) is 1.32. The van der Waals surface area contributed by atoms with Crippen LogP contribution in [0.2, 0.25) is 5.02 Å². The summed E-state index contributed by atoms with van der Waals surface area (Å²) in [6, 6.07) is 7.29. The SMILES string of the molecule is CCNC(=NCC(O)c1ccccc1Cl)NCCCCOCC.I. The molecule has 0 radical (unpaired) electrons. The van der Waals surface area contributed by atoms with E-state index < -0.39 is 6.10 Å². The maximum atomic E-state index is 10.2. The zero-order valence-electron chi connectivity index (χ0n) is 14.4. The predicted molar refractivity (Wildman–Crippen MR) is 112 cm³/mol. The Labute approximate surface area is 167 Å². The highest BCUT2D eigenvalue weighted by molar-refractivity contribution is 14.0. The molecule has 1 aromatic carbocycles. The number of guanidine groups is 1. The number of nitrogens with one attached hydrogen (secondary N) is 2. The number of hydrogen-bond donors (Lipinski definition) is 3. The highest BCUT2D eigenvalue weighted by Crippen LogP contribution is 2.22. The zero-order chi connectivity index (χ0) is 16.9. The quantitative estimate of drug-likeness (QED) is 0.213. The molecule has 1 aromatic rings. The van der Waals surface area contributed by atoms with Gasteiger partial charge in [-0.2, -0.15) is 0 Å². The van der Waals surface area contributed by atoms with Crippen LogP contribution in [0.3, 0.4) is 0 Å². The van der Waals surface area contributed by atoms with Crippen molar-refractivity contribution in [3.05, 3.63) is 34.9 Å². The number of aliphatic hydroxyl groups excluding tert-OH is 1. The van der Waals surface area contributed by atoms with Gasteiger partial charge in [-0.1, -0.05) is 29.8 Å². The first-order valence-electron chi connectivity index (χ1n) is 8.21. The summed E-state index contributed by atoms with van der Waals surface area (Å²) in [4.78, 5) is 4.42. The van der Waals surface area contributed by atoms with E-state index in [0.717, 1.165) is 39.1 Å². The maximum Gasteiger partial charge on any atom is 0.191 e. The molecule has 0 spiro atoms. The third-order valence-corrected chi connectivity index (χ3v) is 3.59. The Morgan fingerprint density at radius 2 is 2.00 bits per heavy atom. The van der Waals surface area contributed by atoms with E-state index in [2.05, 4.69) is 15.6 Å². The summed E-state index contributed by atoms with van der Waals surface area (Å²) in [5.41, 5.74) is 0.700. The third-order valence-electron chi connectivity index (χ3n) is 3.24. The van der Waals surface area contributed by atoms with Crippen molar-refractivity contribution in [2.45, 2.75) is 32.8 Å². The van der Waals surface area contributed by atoms with E-state index in [1.165, 1.54) is 0 Å². The van der Waals surface area contributed by atoms with E-state index in [4.69, 9.17) is 16.3 Å². The number of hydrogen-bond acceptors (Lipinski definition) is 3. The van der Waals surface area contributed by atoms with Gasteiger partial charge in [0.2, 0.25) is 0 Å². The van der Waals surface area contributed by atoms with Crippen molar-refractivity contribution in [2.75, 3.05) is 32.8 Å². The molecule has 0 bridgehead atoms. The molecular formula is C17H29ClIN3O2. The average Bonchev–Trinajstić information content (AvgIpc) is 2.55. The Morgan fingerprint density at radius 3 is 2.67 bits per heavy atom. The second-order valence-electron chi connectivity index (χ2n) is 5.09. The Kier molecular flexibility index (Phi) is 14.4. The lowest BCUT2D eigenvalue weighted by Crippen LogP contribution is -2.38.